The van der Waals surface area contributed by atoms with Crippen LogP contribution in [0, 0.1) is 0 Å². The second-order valence-electron chi connectivity index (χ2n) is 2.03. The van der Waals surface area contributed by atoms with Crippen molar-refractivity contribution in [3.05, 3.63) is 0 Å². The summed E-state index contributed by atoms with van der Waals surface area (Å²) in [6, 6.07) is 0. The highest BCUT2D eigenvalue weighted by Crippen LogP contribution is 2.49. The fourth-order valence-corrected chi connectivity index (χ4v) is 1.58. The minimum Gasteiger partial charge on any atom is -0.220 e. The van der Waals surface area contributed by atoms with Crippen LogP contribution >= 0.6 is 0 Å². The lowest BCUT2D eigenvalue weighted by molar-refractivity contribution is -0.332. The lowest BCUT2D eigenvalue weighted by Gasteiger charge is -2.36. The quantitative estimate of drug-likeness (QED) is 0.442. The van der Waals surface area contributed by atoms with Gasteiger partial charge in [0.2, 0.25) is 0 Å². The van der Waals surface area contributed by atoms with Crippen LogP contribution in [0.15, 0.2) is 0 Å². The normalized spacial score (nSPS) is 40.6. The van der Waals surface area contributed by atoms with Gasteiger partial charge in [-0.3, -0.25) is 0 Å². The van der Waals surface area contributed by atoms with Gasteiger partial charge in [0.15, 0.2) is 0 Å². The Labute approximate surface area is 63.2 Å². The summed E-state index contributed by atoms with van der Waals surface area (Å²) in [5.41, 5.74) is -3.69. The Morgan fingerprint density at radius 2 is 1.75 bits per heavy atom. The molecular formula is C3HF5O3S. The summed E-state index contributed by atoms with van der Waals surface area (Å²) >= 11 is 0. The number of hydrogen-bond donors (Lipinski definition) is 0. The van der Waals surface area contributed by atoms with E-state index in [2.05, 4.69) is 4.18 Å². The third kappa shape index (κ3) is 0.993. The van der Waals surface area contributed by atoms with Crippen LogP contribution in [0.25, 0.3) is 0 Å². The van der Waals surface area contributed by atoms with E-state index < -0.39 is 27.7 Å². The van der Waals surface area contributed by atoms with Crippen LogP contribution in [0.1, 0.15) is 0 Å². The fourth-order valence-electron chi connectivity index (χ4n) is 0.568. The molecule has 0 aromatic heterocycles. The Bertz CT molecular complexity index is 294. The van der Waals surface area contributed by atoms with Crippen molar-refractivity contribution in [2.45, 2.75) is 17.5 Å². The number of rotatable bonds is 0. The van der Waals surface area contributed by atoms with Crippen LogP contribution in [0.2, 0.25) is 0 Å². The van der Waals surface area contributed by atoms with Crippen molar-refractivity contribution in [3.8, 4) is 0 Å². The Morgan fingerprint density at radius 1 is 1.33 bits per heavy atom. The van der Waals surface area contributed by atoms with Crippen LogP contribution < -0.4 is 0 Å². The molecule has 0 saturated carbocycles. The minimum atomic E-state index is -5.68. The molecule has 0 bridgehead atoms. The van der Waals surface area contributed by atoms with E-state index in [1.807, 2.05) is 0 Å². The fraction of sp³-hybridized carbons (Fsp3) is 1.00. The highest BCUT2D eigenvalue weighted by molar-refractivity contribution is 7.88. The minimum absolute atomic E-state index is 2.80. The maximum atomic E-state index is 12.2. The molecule has 0 amide bonds. The van der Waals surface area contributed by atoms with Gasteiger partial charge >= 0.3 is 22.1 Å². The van der Waals surface area contributed by atoms with Crippen molar-refractivity contribution >= 4 is 10.1 Å². The summed E-state index contributed by atoms with van der Waals surface area (Å²) in [4.78, 5) is 0. The molecule has 12 heavy (non-hydrogen) atoms. The summed E-state index contributed by atoms with van der Waals surface area (Å²) in [6.45, 7) is 0. The summed E-state index contributed by atoms with van der Waals surface area (Å²) < 4.78 is 81.3. The molecule has 0 radical (unpaired) electrons. The SMILES string of the molecule is O=S1(=O)OC(F)(C(F)(F)F)C1F. The predicted octanol–water partition coefficient (Wildman–Crippen LogP) is 0.870. The lowest BCUT2D eigenvalue weighted by atomic mass is 10.3. The van der Waals surface area contributed by atoms with Crippen molar-refractivity contribution < 1.29 is 34.6 Å². The predicted molar refractivity (Wildman–Crippen MR) is 24.8 cm³/mol. The van der Waals surface area contributed by atoms with E-state index in [1.54, 1.807) is 0 Å². The number of hydrogen-bond acceptors (Lipinski definition) is 3. The first-order valence-electron chi connectivity index (χ1n) is 2.45. The molecule has 9 heteroatoms. The van der Waals surface area contributed by atoms with E-state index in [9.17, 15) is 30.4 Å². The molecule has 0 aliphatic carbocycles. The van der Waals surface area contributed by atoms with E-state index in [1.165, 1.54) is 0 Å². The van der Waals surface area contributed by atoms with Crippen molar-refractivity contribution in [2.75, 3.05) is 0 Å². The first-order valence-corrected chi connectivity index (χ1v) is 3.92. The average Bonchev–Trinajstić information content (AvgIpc) is 1.83. The zero-order valence-electron chi connectivity index (χ0n) is 5.10. The number of halogens is 5. The van der Waals surface area contributed by atoms with Crippen molar-refractivity contribution in [3.63, 3.8) is 0 Å². The molecule has 1 aliphatic heterocycles. The first-order chi connectivity index (χ1) is 5.11. The second-order valence-corrected chi connectivity index (χ2v) is 3.60. The average molecular weight is 212 g/mol. The molecule has 2 atom stereocenters. The molecule has 0 aromatic rings. The van der Waals surface area contributed by atoms with Gasteiger partial charge in [-0.15, -0.1) is 0 Å². The summed E-state index contributed by atoms with van der Waals surface area (Å²) in [6.07, 6.45) is -5.68. The smallest absolute Gasteiger partial charge is 0.220 e. The maximum Gasteiger partial charge on any atom is 0.453 e. The van der Waals surface area contributed by atoms with Gasteiger partial charge in [0.25, 0.3) is 5.50 Å². The highest BCUT2D eigenvalue weighted by Gasteiger charge is 2.77. The van der Waals surface area contributed by atoms with E-state index in [4.69, 9.17) is 0 Å². The van der Waals surface area contributed by atoms with E-state index >= 15 is 0 Å². The van der Waals surface area contributed by atoms with Gasteiger partial charge in [-0.05, 0) is 0 Å². The molecule has 3 nitrogen and oxygen atoms in total. The zero-order valence-corrected chi connectivity index (χ0v) is 5.92. The summed E-state index contributed by atoms with van der Waals surface area (Å²) in [5.74, 6) is -4.70. The standard InChI is InChI=1S/C3HF5O3S/c4-1-2(5,3(6,7)8)11-12(1,9)10/h1H. The van der Waals surface area contributed by atoms with E-state index in [0.29, 0.717) is 0 Å². The van der Waals surface area contributed by atoms with Gasteiger partial charge in [-0.2, -0.15) is 26.0 Å². The van der Waals surface area contributed by atoms with Crippen LogP contribution in [-0.4, -0.2) is 26.0 Å². The van der Waals surface area contributed by atoms with Crippen LogP contribution in [0.4, 0.5) is 22.0 Å². The maximum absolute atomic E-state index is 12.2. The summed E-state index contributed by atoms with van der Waals surface area (Å²) in [7, 11) is -5.01. The summed E-state index contributed by atoms with van der Waals surface area (Å²) in [5, 5.41) is 0. The van der Waals surface area contributed by atoms with Gasteiger partial charge in [0.05, 0.1) is 0 Å². The van der Waals surface area contributed by atoms with Gasteiger partial charge in [-0.25, -0.2) is 8.57 Å². The molecule has 1 aliphatic rings. The van der Waals surface area contributed by atoms with Gasteiger partial charge in [0.1, 0.15) is 0 Å². The molecule has 2 unspecified atom stereocenters. The largest absolute Gasteiger partial charge is 0.453 e. The Morgan fingerprint density at radius 3 is 1.83 bits per heavy atom. The Kier molecular flexibility index (Phi) is 1.67. The molecule has 0 aromatic carbocycles. The first kappa shape index (κ1) is 9.65. The second kappa shape index (κ2) is 2.08. The molecular weight excluding hydrogens is 211 g/mol. The zero-order chi connectivity index (χ0) is 9.78. The van der Waals surface area contributed by atoms with Gasteiger partial charge in [0, 0.05) is 0 Å². The van der Waals surface area contributed by atoms with E-state index in [-0.39, 0.29) is 0 Å². The Balaban J connectivity index is 2.97. The molecule has 0 spiro atoms. The van der Waals surface area contributed by atoms with Crippen LogP contribution in [0.3, 0.4) is 0 Å². The molecule has 72 valence electrons. The molecule has 0 N–H and O–H groups in total. The van der Waals surface area contributed by atoms with Crippen LogP contribution in [-0.2, 0) is 14.3 Å². The molecule has 1 heterocycles. The highest BCUT2D eigenvalue weighted by atomic mass is 32.2. The third-order valence-corrected chi connectivity index (χ3v) is 2.45. The molecule has 1 fully saturated rings. The van der Waals surface area contributed by atoms with Crippen molar-refractivity contribution in [2.24, 2.45) is 0 Å². The third-order valence-electron chi connectivity index (χ3n) is 1.17. The lowest BCUT2D eigenvalue weighted by Crippen LogP contribution is -2.64. The van der Waals surface area contributed by atoms with Crippen molar-refractivity contribution in [1.82, 2.24) is 0 Å². The molecule has 1 rings (SSSR count). The van der Waals surface area contributed by atoms with Gasteiger partial charge in [-0.1, -0.05) is 0 Å². The molecule has 1 saturated heterocycles. The number of alkyl halides is 5. The monoisotopic (exact) mass is 212 g/mol. The Hall–Kier alpha value is -0.440. The van der Waals surface area contributed by atoms with E-state index in [0.717, 1.165) is 0 Å². The van der Waals surface area contributed by atoms with Crippen molar-refractivity contribution in [1.29, 1.82) is 0 Å². The van der Waals surface area contributed by atoms with Crippen LogP contribution in [0.5, 0.6) is 0 Å². The topological polar surface area (TPSA) is 43.4 Å². The van der Waals surface area contributed by atoms with Gasteiger partial charge < -0.3 is 0 Å².